The van der Waals surface area contributed by atoms with Crippen LogP contribution in [0.25, 0.3) is 0 Å². The zero-order chi connectivity index (χ0) is 28.3. The second-order valence-corrected chi connectivity index (χ2v) is 12.6. The lowest BCUT2D eigenvalue weighted by molar-refractivity contribution is -0.189. The molecule has 3 heterocycles. The largest absolute Gasteiger partial charge is 0.489 e. The molecule has 2 aliphatic rings. The second kappa shape index (κ2) is 13.2. The summed E-state index contributed by atoms with van der Waals surface area (Å²) in [6, 6.07) is 9.43. The van der Waals surface area contributed by atoms with E-state index in [-0.39, 0.29) is 12.7 Å². The van der Waals surface area contributed by atoms with E-state index < -0.39 is 5.79 Å². The molecule has 7 nitrogen and oxygen atoms in total. The smallest absolute Gasteiger partial charge is 0.215 e. The number of hydrogen-bond acceptors (Lipinski definition) is 7. The molecule has 3 aromatic rings. The molecule has 0 N–H and O–H groups in total. The number of imidazole rings is 1. The van der Waals surface area contributed by atoms with E-state index in [2.05, 4.69) is 20.9 Å². The first kappa shape index (κ1) is 29.9. The summed E-state index contributed by atoms with van der Waals surface area (Å²) in [5, 5.41) is 1.60. The molecule has 12 heteroatoms. The zero-order valence-electron chi connectivity index (χ0n) is 22.3. The molecule has 0 saturated carbocycles. The highest BCUT2D eigenvalue weighted by Crippen LogP contribution is 2.41. The van der Waals surface area contributed by atoms with Gasteiger partial charge in [0.15, 0.2) is 0 Å². The van der Waals surface area contributed by atoms with Crippen molar-refractivity contribution in [2.75, 3.05) is 45.6 Å². The Labute approximate surface area is 259 Å². The van der Waals surface area contributed by atoms with Crippen LogP contribution in [0.2, 0.25) is 15.1 Å². The fourth-order valence-corrected chi connectivity index (χ4v) is 6.62. The predicted molar refractivity (Wildman–Crippen MR) is 166 cm³/mol. The van der Waals surface area contributed by atoms with Crippen LogP contribution in [0.4, 0.5) is 0 Å². The lowest BCUT2D eigenvalue weighted by Gasteiger charge is -2.35. The normalized spacial score (nSPS) is 21.6. The Bertz CT molecular complexity index is 1320. The molecule has 0 spiro atoms. The lowest BCUT2D eigenvalue weighted by atomic mass is 10.1. The topological polar surface area (TPSA) is 52.0 Å². The van der Waals surface area contributed by atoms with E-state index in [0.717, 1.165) is 48.2 Å². The molecule has 0 bridgehead atoms. The molecule has 40 heavy (non-hydrogen) atoms. The Morgan fingerprint density at radius 1 is 1.15 bits per heavy atom. The van der Waals surface area contributed by atoms with Crippen molar-refractivity contribution in [3.63, 3.8) is 0 Å². The van der Waals surface area contributed by atoms with E-state index in [1.54, 1.807) is 36.4 Å². The molecule has 214 valence electrons. The molecule has 2 atom stereocenters. The number of benzene rings is 2. The summed E-state index contributed by atoms with van der Waals surface area (Å²) in [4.78, 5) is 8.84. The first-order chi connectivity index (χ1) is 19.3. The number of aromatic nitrogens is 2. The van der Waals surface area contributed by atoms with Crippen molar-refractivity contribution in [3.8, 4) is 5.75 Å². The van der Waals surface area contributed by atoms with E-state index >= 15 is 0 Å². The van der Waals surface area contributed by atoms with Gasteiger partial charge in [-0.1, -0.05) is 59.2 Å². The highest BCUT2D eigenvalue weighted by Gasteiger charge is 2.45. The fourth-order valence-electron chi connectivity index (χ4n) is 5.10. The van der Waals surface area contributed by atoms with E-state index in [1.807, 2.05) is 36.1 Å². The first-order valence-corrected chi connectivity index (χ1v) is 15.7. The summed E-state index contributed by atoms with van der Waals surface area (Å²) >= 11 is 26.5. The van der Waals surface area contributed by atoms with Gasteiger partial charge in [-0.3, -0.25) is 4.90 Å². The first-order valence-electron chi connectivity index (χ1n) is 13.0. The number of aryl methyl sites for hydroxylation is 1. The van der Waals surface area contributed by atoms with Crippen molar-refractivity contribution in [2.45, 2.75) is 31.9 Å². The molecule has 0 aliphatic carbocycles. The van der Waals surface area contributed by atoms with E-state index in [1.165, 1.54) is 0 Å². The molecule has 0 amide bonds. The number of halogens is 3. The molecule has 2 fully saturated rings. The van der Waals surface area contributed by atoms with Gasteiger partial charge in [-0.25, -0.2) is 4.98 Å². The molecule has 2 unspecified atom stereocenters. The third-order valence-electron chi connectivity index (χ3n) is 7.06. The third-order valence-corrected chi connectivity index (χ3v) is 9.26. The van der Waals surface area contributed by atoms with Crippen LogP contribution in [0.15, 0.2) is 49.1 Å². The highest BCUT2D eigenvalue weighted by atomic mass is 35.5. The Morgan fingerprint density at radius 2 is 1.95 bits per heavy atom. The van der Waals surface area contributed by atoms with Gasteiger partial charge in [0.25, 0.3) is 0 Å². The average Bonchev–Trinajstić information content (AvgIpc) is 3.59. The number of nitrogens with zero attached hydrogens (tertiary/aromatic N) is 4. The summed E-state index contributed by atoms with van der Waals surface area (Å²) in [6.07, 6.45) is 6.97. The van der Waals surface area contributed by atoms with Gasteiger partial charge in [0.2, 0.25) is 5.79 Å². The number of piperazine rings is 1. The zero-order valence-corrected chi connectivity index (χ0v) is 26.2. The van der Waals surface area contributed by atoms with Crippen molar-refractivity contribution in [1.29, 1.82) is 0 Å². The van der Waals surface area contributed by atoms with Gasteiger partial charge in [-0.15, -0.1) is 11.8 Å². The summed E-state index contributed by atoms with van der Waals surface area (Å²) in [5.41, 5.74) is 2.84. The van der Waals surface area contributed by atoms with E-state index in [4.69, 9.17) is 61.2 Å². The highest BCUT2D eigenvalue weighted by molar-refractivity contribution is 8.22. The maximum Gasteiger partial charge on any atom is 0.215 e. The molecule has 0 radical (unpaired) electrons. The minimum atomic E-state index is -1.11. The number of thioether (sulfide) groups is 1. The van der Waals surface area contributed by atoms with Crippen LogP contribution in [0, 0.1) is 6.92 Å². The monoisotopic (exact) mass is 640 g/mol. The molecule has 2 aromatic carbocycles. The van der Waals surface area contributed by atoms with Crippen LogP contribution in [0.3, 0.4) is 0 Å². The Morgan fingerprint density at radius 3 is 2.62 bits per heavy atom. The van der Waals surface area contributed by atoms with E-state index in [0.29, 0.717) is 39.5 Å². The van der Waals surface area contributed by atoms with Crippen molar-refractivity contribution in [1.82, 2.24) is 19.4 Å². The predicted octanol–water partition coefficient (Wildman–Crippen LogP) is 6.26. The number of thiocarbonyl (C=S) groups is 1. The van der Waals surface area contributed by atoms with E-state index in [9.17, 15) is 0 Å². The minimum absolute atomic E-state index is 0.272. The maximum atomic E-state index is 6.72. The molecule has 2 saturated heterocycles. The van der Waals surface area contributed by atoms with Crippen molar-refractivity contribution >= 4 is 63.1 Å². The average molecular weight is 642 g/mol. The fraction of sp³-hybridized carbons (Fsp3) is 0.429. The third kappa shape index (κ3) is 6.90. The van der Waals surface area contributed by atoms with Gasteiger partial charge in [-0.05, 0) is 42.5 Å². The Kier molecular flexibility index (Phi) is 9.85. The number of hydrogen-bond donors (Lipinski definition) is 0. The molecular weight excluding hydrogens is 611 g/mol. The van der Waals surface area contributed by atoms with Gasteiger partial charge >= 0.3 is 0 Å². The Hall–Kier alpha value is -1.56. The van der Waals surface area contributed by atoms with Crippen LogP contribution < -0.4 is 4.74 Å². The van der Waals surface area contributed by atoms with Gasteiger partial charge < -0.3 is 23.7 Å². The van der Waals surface area contributed by atoms with Gasteiger partial charge in [0.05, 0.1) is 29.5 Å². The van der Waals surface area contributed by atoms with Gasteiger partial charge in [-0.2, -0.15) is 0 Å². The standard InChI is InChI=1S/C28H31Cl3N4O3S2/c1-19-11-20(14-33-7-9-35(10-8-33)27(39)40-2)12-25(31)26(19)36-15-22-16-37-28(38-22,17-34-6-5-32-18-34)23-4-3-21(29)13-24(23)30/h3-6,11-13,18,22H,7-10,14-17H2,1-2H3. The van der Waals surface area contributed by atoms with Crippen LogP contribution in [-0.2, 0) is 28.4 Å². The van der Waals surface area contributed by atoms with Crippen molar-refractivity contribution < 1.29 is 14.2 Å². The molecule has 5 rings (SSSR count). The molecular formula is C28H31Cl3N4O3S2. The maximum absolute atomic E-state index is 6.72. The van der Waals surface area contributed by atoms with Gasteiger partial charge in [0.1, 0.15) is 22.8 Å². The Balaban J connectivity index is 1.23. The quantitative estimate of drug-likeness (QED) is 0.267. The van der Waals surface area contributed by atoms with Crippen molar-refractivity contribution in [2.24, 2.45) is 0 Å². The number of rotatable bonds is 8. The van der Waals surface area contributed by atoms with Crippen LogP contribution in [0.1, 0.15) is 16.7 Å². The SMILES string of the molecule is CSC(=S)N1CCN(Cc2cc(C)c(OCC3COC(Cn4ccnc4)(c4ccc(Cl)cc4Cl)O3)c(Cl)c2)CC1. The minimum Gasteiger partial charge on any atom is -0.489 e. The second-order valence-electron chi connectivity index (χ2n) is 9.93. The molecule has 2 aliphatic heterocycles. The van der Waals surface area contributed by atoms with Crippen molar-refractivity contribution in [3.05, 3.63) is 80.8 Å². The molecule has 1 aromatic heterocycles. The summed E-state index contributed by atoms with van der Waals surface area (Å²) in [7, 11) is 0. The van der Waals surface area contributed by atoms with Crippen LogP contribution >= 0.6 is 58.8 Å². The van der Waals surface area contributed by atoms with Crippen LogP contribution in [0.5, 0.6) is 5.75 Å². The van der Waals surface area contributed by atoms with Gasteiger partial charge in [0, 0.05) is 55.7 Å². The number of ether oxygens (including phenoxy) is 3. The van der Waals surface area contributed by atoms with Crippen LogP contribution in [-0.4, -0.2) is 75.4 Å². The summed E-state index contributed by atoms with van der Waals surface area (Å²) in [5.74, 6) is -0.455. The summed E-state index contributed by atoms with van der Waals surface area (Å²) < 4.78 is 21.9. The lowest BCUT2D eigenvalue weighted by Crippen LogP contribution is -2.47. The summed E-state index contributed by atoms with van der Waals surface area (Å²) in [6.45, 7) is 7.64.